The molecule has 0 saturated carbocycles. The van der Waals surface area contributed by atoms with E-state index in [0.717, 1.165) is 18.6 Å². The Bertz CT molecular complexity index is 384. The first-order valence-corrected chi connectivity index (χ1v) is 7.13. The summed E-state index contributed by atoms with van der Waals surface area (Å²) < 4.78 is 5.64. The number of unbranched alkanes of at least 4 members (excludes halogenated alkanes) is 4. The van der Waals surface area contributed by atoms with Crippen LogP contribution in [-0.4, -0.2) is 18.3 Å². The first-order chi connectivity index (χ1) is 9.36. The minimum absolute atomic E-state index is 0.0944. The average molecular weight is 260 g/mol. The molecule has 0 saturated heterocycles. The largest absolute Gasteiger partial charge is 0.384 e. The summed E-state index contributed by atoms with van der Waals surface area (Å²) in [5, 5.41) is 8.61. The van der Waals surface area contributed by atoms with Crippen molar-refractivity contribution in [1.29, 1.82) is 0 Å². The Labute approximate surface area is 116 Å². The molecule has 2 heteroatoms. The fraction of sp³-hybridized carbons (Fsp3) is 0.529. The molecule has 1 aromatic carbocycles. The van der Waals surface area contributed by atoms with E-state index in [9.17, 15) is 0 Å². The van der Waals surface area contributed by atoms with Crippen LogP contribution >= 0.6 is 0 Å². The standard InChI is InChI=1S/C17H24O2/c1-2-3-4-5-6-14-19-15-17-11-9-16(10-12-17)8-7-13-18/h9-12,18H,2-6,13-15H2,1H3. The smallest absolute Gasteiger partial charge is 0.104 e. The molecule has 2 nitrogen and oxygen atoms in total. The Balaban J connectivity index is 2.16. The lowest BCUT2D eigenvalue weighted by atomic mass is 10.1. The van der Waals surface area contributed by atoms with Crippen LogP contribution in [0, 0.1) is 11.8 Å². The third kappa shape index (κ3) is 7.66. The second-order valence-corrected chi connectivity index (χ2v) is 4.62. The first kappa shape index (κ1) is 15.8. The molecule has 0 atom stereocenters. The predicted molar refractivity (Wildman–Crippen MR) is 78.8 cm³/mol. The number of hydrogen-bond acceptors (Lipinski definition) is 2. The van der Waals surface area contributed by atoms with Crippen molar-refractivity contribution in [1.82, 2.24) is 0 Å². The summed E-state index contributed by atoms with van der Waals surface area (Å²) in [6, 6.07) is 7.97. The third-order valence-corrected chi connectivity index (χ3v) is 2.93. The molecule has 1 N–H and O–H groups in total. The molecule has 0 aliphatic carbocycles. The van der Waals surface area contributed by atoms with Crippen LogP contribution in [0.1, 0.15) is 50.2 Å². The molecule has 0 unspecified atom stereocenters. The van der Waals surface area contributed by atoms with Gasteiger partial charge in [-0.05, 0) is 24.1 Å². The number of benzene rings is 1. The van der Waals surface area contributed by atoms with Gasteiger partial charge in [-0.1, -0.05) is 56.6 Å². The summed E-state index contributed by atoms with van der Waals surface area (Å²) in [6.45, 7) is 3.64. The third-order valence-electron chi connectivity index (χ3n) is 2.93. The number of aliphatic hydroxyl groups is 1. The van der Waals surface area contributed by atoms with E-state index in [4.69, 9.17) is 9.84 Å². The maximum atomic E-state index is 8.61. The summed E-state index contributed by atoms with van der Waals surface area (Å²) >= 11 is 0. The van der Waals surface area contributed by atoms with Gasteiger partial charge in [-0.25, -0.2) is 0 Å². The van der Waals surface area contributed by atoms with Crippen LogP contribution in [0.2, 0.25) is 0 Å². The van der Waals surface area contributed by atoms with Gasteiger partial charge in [-0.3, -0.25) is 0 Å². The second-order valence-electron chi connectivity index (χ2n) is 4.62. The Morgan fingerprint density at radius 2 is 1.79 bits per heavy atom. The van der Waals surface area contributed by atoms with Gasteiger partial charge in [0.1, 0.15) is 6.61 Å². The van der Waals surface area contributed by atoms with Crippen molar-refractivity contribution in [2.45, 2.75) is 45.6 Å². The molecule has 0 spiro atoms. The summed E-state index contributed by atoms with van der Waals surface area (Å²) in [7, 11) is 0. The summed E-state index contributed by atoms with van der Waals surface area (Å²) in [5.41, 5.74) is 2.10. The Morgan fingerprint density at radius 1 is 1.05 bits per heavy atom. The highest BCUT2D eigenvalue weighted by Gasteiger charge is 1.94. The van der Waals surface area contributed by atoms with Gasteiger partial charge >= 0.3 is 0 Å². The van der Waals surface area contributed by atoms with Crippen LogP contribution in [0.15, 0.2) is 24.3 Å². The highest BCUT2D eigenvalue weighted by atomic mass is 16.5. The lowest BCUT2D eigenvalue weighted by Crippen LogP contribution is -1.95. The summed E-state index contributed by atoms with van der Waals surface area (Å²) in [6.07, 6.45) is 6.35. The quantitative estimate of drug-likeness (QED) is 0.572. The number of rotatable bonds is 8. The van der Waals surface area contributed by atoms with E-state index >= 15 is 0 Å². The zero-order valence-corrected chi connectivity index (χ0v) is 11.8. The molecule has 19 heavy (non-hydrogen) atoms. The Kier molecular flexibility index (Phi) is 8.80. The van der Waals surface area contributed by atoms with Gasteiger partial charge in [-0.2, -0.15) is 0 Å². The molecular weight excluding hydrogens is 236 g/mol. The molecular formula is C17H24O2. The minimum Gasteiger partial charge on any atom is -0.384 e. The molecule has 0 radical (unpaired) electrons. The number of aliphatic hydroxyl groups excluding tert-OH is 1. The van der Waals surface area contributed by atoms with Crippen molar-refractivity contribution in [2.75, 3.05) is 13.2 Å². The fourth-order valence-corrected chi connectivity index (χ4v) is 1.82. The maximum Gasteiger partial charge on any atom is 0.104 e. The number of hydrogen-bond donors (Lipinski definition) is 1. The molecule has 104 valence electrons. The van der Waals surface area contributed by atoms with Crippen LogP contribution in [0.4, 0.5) is 0 Å². The molecule has 0 aromatic heterocycles. The SMILES string of the molecule is CCCCCCCOCc1ccc(C#CCO)cc1. The van der Waals surface area contributed by atoms with Gasteiger partial charge in [0.05, 0.1) is 6.61 Å². The average Bonchev–Trinajstić information content (AvgIpc) is 2.45. The predicted octanol–water partition coefficient (Wildman–Crippen LogP) is 3.52. The lowest BCUT2D eigenvalue weighted by molar-refractivity contribution is 0.116. The molecule has 0 fully saturated rings. The van der Waals surface area contributed by atoms with Gasteiger partial charge in [0.25, 0.3) is 0 Å². The maximum absolute atomic E-state index is 8.61. The van der Waals surface area contributed by atoms with E-state index in [1.54, 1.807) is 0 Å². The van der Waals surface area contributed by atoms with Gasteiger partial charge in [-0.15, -0.1) is 0 Å². The molecule has 1 aromatic rings. The molecule has 0 heterocycles. The topological polar surface area (TPSA) is 29.5 Å². The van der Waals surface area contributed by atoms with E-state index in [1.807, 2.05) is 24.3 Å². The summed E-state index contributed by atoms with van der Waals surface area (Å²) in [5.74, 6) is 5.51. The van der Waals surface area contributed by atoms with Crippen LogP contribution in [0.3, 0.4) is 0 Å². The Morgan fingerprint density at radius 3 is 2.47 bits per heavy atom. The van der Waals surface area contributed by atoms with Crippen molar-refractivity contribution < 1.29 is 9.84 Å². The van der Waals surface area contributed by atoms with Crippen molar-refractivity contribution in [3.8, 4) is 11.8 Å². The Hall–Kier alpha value is -1.30. The monoisotopic (exact) mass is 260 g/mol. The molecule has 0 aliphatic rings. The van der Waals surface area contributed by atoms with Crippen molar-refractivity contribution >= 4 is 0 Å². The van der Waals surface area contributed by atoms with E-state index in [0.29, 0.717) is 6.61 Å². The molecule has 0 bridgehead atoms. The van der Waals surface area contributed by atoms with E-state index < -0.39 is 0 Å². The van der Waals surface area contributed by atoms with E-state index in [2.05, 4.69) is 18.8 Å². The van der Waals surface area contributed by atoms with Gasteiger partial charge in [0.2, 0.25) is 0 Å². The molecule has 1 rings (SSSR count). The van der Waals surface area contributed by atoms with Crippen molar-refractivity contribution in [2.24, 2.45) is 0 Å². The lowest BCUT2D eigenvalue weighted by Gasteiger charge is -2.04. The van der Waals surface area contributed by atoms with E-state index in [1.165, 1.54) is 31.2 Å². The first-order valence-electron chi connectivity index (χ1n) is 7.13. The highest BCUT2D eigenvalue weighted by molar-refractivity contribution is 5.35. The molecule has 0 amide bonds. The van der Waals surface area contributed by atoms with Gasteiger partial charge in [0.15, 0.2) is 0 Å². The number of ether oxygens (including phenoxy) is 1. The fourth-order valence-electron chi connectivity index (χ4n) is 1.82. The van der Waals surface area contributed by atoms with Crippen molar-refractivity contribution in [3.63, 3.8) is 0 Å². The summed E-state index contributed by atoms with van der Waals surface area (Å²) in [4.78, 5) is 0. The minimum atomic E-state index is -0.0944. The zero-order chi connectivity index (χ0) is 13.8. The van der Waals surface area contributed by atoms with Crippen molar-refractivity contribution in [3.05, 3.63) is 35.4 Å². The van der Waals surface area contributed by atoms with Crippen LogP contribution < -0.4 is 0 Å². The van der Waals surface area contributed by atoms with Crippen LogP contribution in [0.5, 0.6) is 0 Å². The normalized spacial score (nSPS) is 10.0. The zero-order valence-electron chi connectivity index (χ0n) is 11.8. The highest BCUT2D eigenvalue weighted by Crippen LogP contribution is 2.06. The second kappa shape index (κ2) is 10.6. The van der Waals surface area contributed by atoms with Gasteiger partial charge in [0, 0.05) is 12.2 Å². The molecule has 0 aliphatic heterocycles. The van der Waals surface area contributed by atoms with Crippen LogP contribution in [0.25, 0.3) is 0 Å². The van der Waals surface area contributed by atoms with Crippen LogP contribution in [-0.2, 0) is 11.3 Å². The van der Waals surface area contributed by atoms with Gasteiger partial charge < -0.3 is 9.84 Å². The van der Waals surface area contributed by atoms with E-state index in [-0.39, 0.29) is 6.61 Å².